The second-order valence-corrected chi connectivity index (χ2v) is 3.95. The van der Waals surface area contributed by atoms with Gasteiger partial charge in [0.05, 0.1) is 17.0 Å². The number of aromatic carboxylic acids is 1. The van der Waals surface area contributed by atoms with Gasteiger partial charge in [-0.1, -0.05) is 0 Å². The Bertz CT molecular complexity index is 579. The van der Waals surface area contributed by atoms with Gasteiger partial charge in [0.15, 0.2) is 5.82 Å². The SMILES string of the molecule is Cc1cnc(C)c(Nc2ccc(C(=O)O)cc2)n1. The first-order valence-corrected chi connectivity index (χ1v) is 5.47. The smallest absolute Gasteiger partial charge is 0.335 e. The van der Waals surface area contributed by atoms with Crippen LogP contribution in [-0.4, -0.2) is 21.0 Å². The molecule has 0 saturated heterocycles. The molecule has 5 heteroatoms. The highest BCUT2D eigenvalue weighted by atomic mass is 16.4. The van der Waals surface area contributed by atoms with E-state index in [1.54, 1.807) is 30.5 Å². The highest BCUT2D eigenvalue weighted by Gasteiger charge is 2.04. The maximum atomic E-state index is 10.7. The summed E-state index contributed by atoms with van der Waals surface area (Å²) in [7, 11) is 0. The van der Waals surface area contributed by atoms with Crippen LogP contribution in [0.4, 0.5) is 11.5 Å². The highest BCUT2D eigenvalue weighted by Crippen LogP contribution is 2.17. The predicted octanol–water partition coefficient (Wildman–Crippen LogP) is 2.54. The van der Waals surface area contributed by atoms with E-state index in [0.717, 1.165) is 17.1 Å². The molecule has 2 aromatic rings. The molecule has 0 aliphatic heterocycles. The monoisotopic (exact) mass is 243 g/mol. The summed E-state index contributed by atoms with van der Waals surface area (Å²) in [5.41, 5.74) is 2.66. The molecule has 0 atom stereocenters. The highest BCUT2D eigenvalue weighted by molar-refractivity contribution is 5.88. The zero-order valence-corrected chi connectivity index (χ0v) is 10.1. The molecule has 1 heterocycles. The van der Waals surface area contributed by atoms with Gasteiger partial charge in [0.1, 0.15) is 0 Å². The third kappa shape index (κ3) is 2.63. The fraction of sp³-hybridized carbons (Fsp3) is 0.154. The van der Waals surface area contributed by atoms with Crippen molar-refractivity contribution in [1.82, 2.24) is 9.97 Å². The minimum Gasteiger partial charge on any atom is -0.478 e. The molecule has 18 heavy (non-hydrogen) atoms. The van der Waals surface area contributed by atoms with Crippen LogP contribution >= 0.6 is 0 Å². The Balaban J connectivity index is 2.23. The second kappa shape index (κ2) is 4.83. The Morgan fingerprint density at radius 1 is 1.22 bits per heavy atom. The molecule has 0 aliphatic rings. The molecule has 1 aromatic carbocycles. The topological polar surface area (TPSA) is 75.1 Å². The van der Waals surface area contributed by atoms with E-state index in [9.17, 15) is 4.79 Å². The van der Waals surface area contributed by atoms with Crippen LogP contribution in [-0.2, 0) is 0 Å². The van der Waals surface area contributed by atoms with Gasteiger partial charge in [-0.3, -0.25) is 4.98 Å². The summed E-state index contributed by atoms with van der Waals surface area (Å²) < 4.78 is 0. The van der Waals surface area contributed by atoms with E-state index < -0.39 is 5.97 Å². The molecule has 0 amide bonds. The van der Waals surface area contributed by atoms with E-state index in [1.165, 1.54) is 0 Å². The lowest BCUT2D eigenvalue weighted by molar-refractivity contribution is 0.0697. The Hall–Kier alpha value is -2.43. The summed E-state index contributed by atoms with van der Waals surface area (Å²) in [6.45, 7) is 3.73. The van der Waals surface area contributed by atoms with E-state index in [2.05, 4.69) is 15.3 Å². The zero-order chi connectivity index (χ0) is 13.1. The molecule has 0 spiro atoms. The molecule has 5 nitrogen and oxygen atoms in total. The van der Waals surface area contributed by atoms with E-state index in [1.807, 2.05) is 13.8 Å². The zero-order valence-electron chi connectivity index (χ0n) is 10.1. The first kappa shape index (κ1) is 12.0. The fourth-order valence-corrected chi connectivity index (χ4v) is 1.49. The fourth-order valence-electron chi connectivity index (χ4n) is 1.49. The van der Waals surface area contributed by atoms with Crippen molar-refractivity contribution in [2.75, 3.05) is 5.32 Å². The van der Waals surface area contributed by atoms with Gasteiger partial charge in [-0.25, -0.2) is 9.78 Å². The molecule has 0 unspecified atom stereocenters. The van der Waals surface area contributed by atoms with Crippen LogP contribution < -0.4 is 5.32 Å². The summed E-state index contributed by atoms with van der Waals surface area (Å²) in [4.78, 5) is 19.3. The van der Waals surface area contributed by atoms with Crippen LogP contribution in [0.5, 0.6) is 0 Å². The lowest BCUT2D eigenvalue weighted by Gasteiger charge is -2.08. The van der Waals surface area contributed by atoms with Crippen molar-refractivity contribution in [3.63, 3.8) is 0 Å². The number of hydrogen-bond donors (Lipinski definition) is 2. The van der Waals surface area contributed by atoms with Gasteiger partial charge in [-0.05, 0) is 38.1 Å². The molecule has 0 fully saturated rings. The molecule has 2 rings (SSSR count). The molecule has 0 saturated carbocycles. The number of aryl methyl sites for hydroxylation is 2. The molecular weight excluding hydrogens is 230 g/mol. The van der Waals surface area contributed by atoms with Gasteiger partial charge < -0.3 is 10.4 Å². The number of carboxylic acid groups (broad SMARTS) is 1. The predicted molar refractivity (Wildman–Crippen MR) is 68.2 cm³/mol. The van der Waals surface area contributed by atoms with Crippen molar-refractivity contribution in [3.05, 3.63) is 47.4 Å². The van der Waals surface area contributed by atoms with Gasteiger partial charge >= 0.3 is 5.97 Å². The van der Waals surface area contributed by atoms with Gasteiger partial charge in [0, 0.05) is 11.9 Å². The number of aromatic nitrogens is 2. The Morgan fingerprint density at radius 2 is 1.89 bits per heavy atom. The maximum Gasteiger partial charge on any atom is 0.335 e. The molecule has 0 radical (unpaired) electrons. The summed E-state index contributed by atoms with van der Waals surface area (Å²) in [5.74, 6) is -0.258. The minimum absolute atomic E-state index is 0.257. The average Bonchev–Trinajstić information content (AvgIpc) is 2.34. The normalized spacial score (nSPS) is 10.1. The van der Waals surface area contributed by atoms with Gasteiger partial charge in [-0.15, -0.1) is 0 Å². The molecule has 1 aromatic heterocycles. The van der Waals surface area contributed by atoms with Crippen LogP contribution in [0, 0.1) is 13.8 Å². The van der Waals surface area contributed by atoms with Gasteiger partial charge in [0.2, 0.25) is 0 Å². The van der Waals surface area contributed by atoms with Crippen molar-refractivity contribution >= 4 is 17.5 Å². The lowest BCUT2D eigenvalue weighted by Crippen LogP contribution is -2.01. The molecule has 0 aliphatic carbocycles. The number of nitrogens with zero attached hydrogens (tertiary/aromatic N) is 2. The summed E-state index contributed by atoms with van der Waals surface area (Å²) in [6, 6.07) is 6.49. The maximum absolute atomic E-state index is 10.7. The molecule has 92 valence electrons. The van der Waals surface area contributed by atoms with E-state index in [-0.39, 0.29) is 5.56 Å². The Labute approximate surface area is 105 Å². The molecular formula is C13H13N3O2. The third-order valence-corrected chi connectivity index (χ3v) is 2.47. The number of carbonyl (C=O) groups is 1. The summed E-state index contributed by atoms with van der Waals surface area (Å²) in [5, 5.41) is 11.9. The Kier molecular flexibility index (Phi) is 3.23. The van der Waals surface area contributed by atoms with Crippen LogP contribution in [0.15, 0.2) is 30.5 Å². The van der Waals surface area contributed by atoms with E-state index in [4.69, 9.17) is 5.11 Å². The number of hydrogen-bond acceptors (Lipinski definition) is 4. The van der Waals surface area contributed by atoms with Gasteiger partial charge in [0.25, 0.3) is 0 Å². The van der Waals surface area contributed by atoms with Crippen molar-refractivity contribution in [1.29, 1.82) is 0 Å². The molecule has 2 N–H and O–H groups in total. The van der Waals surface area contributed by atoms with E-state index >= 15 is 0 Å². The number of carboxylic acids is 1. The second-order valence-electron chi connectivity index (χ2n) is 3.95. The number of nitrogens with one attached hydrogen (secondary N) is 1. The van der Waals surface area contributed by atoms with E-state index in [0.29, 0.717) is 5.82 Å². The summed E-state index contributed by atoms with van der Waals surface area (Å²) >= 11 is 0. The quantitative estimate of drug-likeness (QED) is 0.866. The lowest BCUT2D eigenvalue weighted by atomic mass is 10.2. The van der Waals surface area contributed by atoms with Crippen molar-refractivity contribution in [2.45, 2.75) is 13.8 Å². The average molecular weight is 243 g/mol. The number of anilines is 2. The third-order valence-electron chi connectivity index (χ3n) is 2.47. The first-order chi connectivity index (χ1) is 8.56. The van der Waals surface area contributed by atoms with Crippen molar-refractivity contribution in [3.8, 4) is 0 Å². The van der Waals surface area contributed by atoms with Gasteiger partial charge in [-0.2, -0.15) is 0 Å². The largest absolute Gasteiger partial charge is 0.478 e. The van der Waals surface area contributed by atoms with Crippen molar-refractivity contribution < 1.29 is 9.90 Å². The van der Waals surface area contributed by atoms with Crippen LogP contribution in [0.3, 0.4) is 0 Å². The van der Waals surface area contributed by atoms with Crippen molar-refractivity contribution in [2.24, 2.45) is 0 Å². The van der Waals surface area contributed by atoms with Crippen LogP contribution in [0.25, 0.3) is 0 Å². The standard InChI is InChI=1S/C13H13N3O2/c1-8-7-14-9(2)12(15-8)16-11-5-3-10(4-6-11)13(17)18/h3-7H,1-2H3,(H,15,16)(H,17,18). The summed E-state index contributed by atoms with van der Waals surface area (Å²) in [6.07, 6.45) is 1.70. The Morgan fingerprint density at radius 3 is 2.50 bits per heavy atom. The molecule has 0 bridgehead atoms. The first-order valence-electron chi connectivity index (χ1n) is 5.47. The van der Waals surface area contributed by atoms with Crippen LogP contribution in [0.1, 0.15) is 21.7 Å². The minimum atomic E-state index is -0.937. The van der Waals surface area contributed by atoms with Crippen LogP contribution in [0.2, 0.25) is 0 Å². The number of rotatable bonds is 3. The number of benzene rings is 1.